The van der Waals surface area contributed by atoms with Crippen LogP contribution in [0.5, 0.6) is 11.5 Å². The maximum absolute atomic E-state index is 12.3. The van der Waals surface area contributed by atoms with Crippen LogP contribution >= 0.6 is 0 Å². The molecule has 4 rings (SSSR count). The number of carbonyl (C=O) groups excluding carboxylic acids is 1. The van der Waals surface area contributed by atoms with Crippen LogP contribution in [-0.2, 0) is 17.8 Å². The van der Waals surface area contributed by atoms with Crippen molar-refractivity contribution in [2.75, 3.05) is 11.9 Å². The fourth-order valence-electron chi connectivity index (χ4n) is 3.38. The first kappa shape index (κ1) is 18.1. The van der Waals surface area contributed by atoms with Gasteiger partial charge in [0.2, 0.25) is 0 Å². The first-order chi connectivity index (χ1) is 13.5. The number of hydrogen-bond donors (Lipinski definition) is 1. The quantitative estimate of drug-likeness (QED) is 0.712. The average Bonchev–Trinajstić information content (AvgIpc) is 3.26. The molecule has 0 saturated carbocycles. The third-order valence-corrected chi connectivity index (χ3v) is 4.55. The molecule has 0 atom stereocenters. The molecule has 0 aliphatic carbocycles. The van der Waals surface area contributed by atoms with E-state index in [-0.39, 0.29) is 18.1 Å². The van der Waals surface area contributed by atoms with E-state index in [9.17, 15) is 4.79 Å². The Labute approximate surface area is 164 Å². The number of ether oxygens (including phenoxy) is 2. The summed E-state index contributed by atoms with van der Waals surface area (Å²) in [5.41, 5.74) is 2.67. The molecular formula is C22H23N3O3. The van der Waals surface area contributed by atoms with Gasteiger partial charge < -0.3 is 19.4 Å². The van der Waals surface area contributed by atoms with Gasteiger partial charge >= 0.3 is 0 Å². The molecule has 1 aliphatic heterocycles. The molecule has 0 spiro atoms. The lowest BCUT2D eigenvalue weighted by Gasteiger charge is -2.18. The number of rotatable bonds is 6. The molecule has 1 N–H and O–H groups in total. The maximum atomic E-state index is 12.3. The molecular weight excluding hydrogens is 354 g/mol. The first-order valence-electron chi connectivity index (χ1n) is 9.27. The smallest absolute Gasteiger partial charge is 0.262 e. The number of anilines is 1. The molecule has 0 radical (unpaired) electrons. The predicted octanol–water partition coefficient (Wildman–Crippen LogP) is 3.66. The maximum Gasteiger partial charge on any atom is 0.262 e. The van der Waals surface area contributed by atoms with Crippen LogP contribution in [0, 0.1) is 0 Å². The zero-order chi connectivity index (χ0) is 19.6. The van der Waals surface area contributed by atoms with Gasteiger partial charge in [-0.25, -0.2) is 4.98 Å². The zero-order valence-electron chi connectivity index (χ0n) is 16.0. The van der Waals surface area contributed by atoms with Crippen molar-refractivity contribution in [2.24, 2.45) is 0 Å². The fraction of sp³-hybridized carbons (Fsp3) is 0.273. The van der Waals surface area contributed by atoms with E-state index in [1.807, 2.05) is 67.1 Å². The Balaban J connectivity index is 1.37. The number of fused-ring (bicyclic) bond motifs is 1. The van der Waals surface area contributed by atoms with Crippen LogP contribution in [0.25, 0.3) is 0 Å². The Kier molecular flexibility index (Phi) is 4.77. The van der Waals surface area contributed by atoms with Crippen LogP contribution < -0.4 is 14.8 Å². The summed E-state index contributed by atoms with van der Waals surface area (Å²) < 4.78 is 13.7. The monoisotopic (exact) mass is 377 g/mol. The molecule has 0 unspecified atom stereocenters. The number of benzene rings is 2. The summed E-state index contributed by atoms with van der Waals surface area (Å²) in [6, 6.07) is 13.5. The van der Waals surface area contributed by atoms with Crippen molar-refractivity contribution >= 4 is 11.6 Å². The molecule has 0 saturated heterocycles. The highest BCUT2D eigenvalue weighted by Gasteiger charge is 2.32. The fourth-order valence-corrected chi connectivity index (χ4v) is 3.38. The van der Waals surface area contributed by atoms with Gasteiger partial charge in [0.25, 0.3) is 5.91 Å². The summed E-state index contributed by atoms with van der Waals surface area (Å²) >= 11 is 0. The minimum Gasteiger partial charge on any atom is -0.483 e. The molecule has 6 heteroatoms. The van der Waals surface area contributed by atoms with Gasteiger partial charge in [0.05, 0.1) is 6.33 Å². The Morgan fingerprint density at radius 2 is 2.14 bits per heavy atom. The van der Waals surface area contributed by atoms with Gasteiger partial charge in [-0.15, -0.1) is 0 Å². The van der Waals surface area contributed by atoms with Crippen LogP contribution in [0.1, 0.15) is 25.0 Å². The van der Waals surface area contributed by atoms with E-state index < -0.39 is 0 Å². The van der Waals surface area contributed by atoms with E-state index >= 15 is 0 Å². The molecule has 28 heavy (non-hydrogen) atoms. The minimum atomic E-state index is -0.250. The number of nitrogens with zero attached hydrogens (tertiary/aromatic N) is 2. The number of nitrogens with one attached hydrogen (secondary N) is 1. The normalized spacial score (nSPS) is 14.2. The van der Waals surface area contributed by atoms with Crippen molar-refractivity contribution in [1.29, 1.82) is 0 Å². The molecule has 144 valence electrons. The van der Waals surface area contributed by atoms with Gasteiger partial charge in [-0.1, -0.05) is 24.3 Å². The lowest BCUT2D eigenvalue weighted by Crippen LogP contribution is -2.25. The van der Waals surface area contributed by atoms with E-state index in [4.69, 9.17) is 9.47 Å². The largest absolute Gasteiger partial charge is 0.483 e. The van der Waals surface area contributed by atoms with Gasteiger partial charge in [0.15, 0.2) is 18.1 Å². The highest BCUT2D eigenvalue weighted by Crippen LogP contribution is 2.41. The zero-order valence-corrected chi connectivity index (χ0v) is 16.0. The predicted molar refractivity (Wildman–Crippen MR) is 107 cm³/mol. The summed E-state index contributed by atoms with van der Waals surface area (Å²) in [5.74, 6) is 1.13. The molecule has 2 heterocycles. The van der Waals surface area contributed by atoms with Gasteiger partial charge in [-0.05, 0) is 37.6 Å². The van der Waals surface area contributed by atoms with Gasteiger partial charge in [-0.3, -0.25) is 4.79 Å². The van der Waals surface area contributed by atoms with Gasteiger partial charge in [0, 0.05) is 36.6 Å². The number of carbonyl (C=O) groups is 1. The second-order valence-electron chi connectivity index (χ2n) is 7.56. The molecule has 1 amide bonds. The van der Waals surface area contributed by atoms with Crippen LogP contribution in [0.2, 0.25) is 0 Å². The van der Waals surface area contributed by atoms with E-state index in [0.29, 0.717) is 12.3 Å². The van der Waals surface area contributed by atoms with Crippen molar-refractivity contribution in [3.05, 3.63) is 72.3 Å². The van der Waals surface area contributed by atoms with Crippen molar-refractivity contribution in [3.8, 4) is 11.5 Å². The third kappa shape index (κ3) is 4.17. The van der Waals surface area contributed by atoms with E-state index in [0.717, 1.165) is 29.0 Å². The molecule has 3 aromatic rings. The SMILES string of the molecule is CC1(C)Cc2cccc(OCC(=O)Nc3cccc(Cn4ccnc4)c3)c2O1. The standard InChI is InChI=1S/C22H23N3O3/c1-22(2)12-17-6-4-8-19(21(17)28-22)27-14-20(26)24-18-7-3-5-16(11-18)13-25-10-9-23-15-25/h3-11,15H,12-14H2,1-2H3,(H,24,26). The second kappa shape index (κ2) is 7.38. The van der Waals surface area contributed by atoms with Gasteiger partial charge in [-0.2, -0.15) is 0 Å². The van der Waals surface area contributed by atoms with Crippen molar-refractivity contribution in [3.63, 3.8) is 0 Å². The number of imidazole rings is 1. The van der Waals surface area contributed by atoms with Crippen LogP contribution in [0.3, 0.4) is 0 Å². The minimum absolute atomic E-state index is 0.0774. The number of para-hydroxylation sites is 1. The molecule has 1 aromatic heterocycles. The first-order valence-corrected chi connectivity index (χ1v) is 9.27. The average molecular weight is 377 g/mol. The summed E-state index contributed by atoms with van der Waals surface area (Å²) in [5, 5.41) is 2.89. The van der Waals surface area contributed by atoms with Crippen LogP contribution in [0.4, 0.5) is 5.69 Å². The Bertz CT molecular complexity index is 980. The number of amides is 1. The molecule has 2 aromatic carbocycles. The number of aromatic nitrogens is 2. The van der Waals surface area contributed by atoms with Crippen molar-refractivity contribution in [1.82, 2.24) is 9.55 Å². The Morgan fingerprint density at radius 1 is 1.29 bits per heavy atom. The van der Waals surface area contributed by atoms with E-state index in [1.165, 1.54) is 0 Å². The molecule has 0 bridgehead atoms. The van der Waals surface area contributed by atoms with E-state index in [1.54, 1.807) is 12.5 Å². The molecule has 0 fully saturated rings. The summed E-state index contributed by atoms with van der Waals surface area (Å²) in [7, 11) is 0. The molecule has 6 nitrogen and oxygen atoms in total. The lowest BCUT2D eigenvalue weighted by molar-refractivity contribution is -0.118. The second-order valence-corrected chi connectivity index (χ2v) is 7.56. The van der Waals surface area contributed by atoms with Gasteiger partial charge in [0.1, 0.15) is 5.60 Å². The number of hydrogen-bond acceptors (Lipinski definition) is 4. The van der Waals surface area contributed by atoms with E-state index in [2.05, 4.69) is 10.3 Å². The highest BCUT2D eigenvalue weighted by molar-refractivity contribution is 5.92. The lowest BCUT2D eigenvalue weighted by atomic mass is 10.0. The van der Waals surface area contributed by atoms with Crippen molar-refractivity contribution < 1.29 is 14.3 Å². The van der Waals surface area contributed by atoms with Crippen LogP contribution in [-0.4, -0.2) is 27.7 Å². The van der Waals surface area contributed by atoms with Crippen LogP contribution in [0.15, 0.2) is 61.2 Å². The summed E-state index contributed by atoms with van der Waals surface area (Å²) in [4.78, 5) is 16.4. The summed E-state index contributed by atoms with van der Waals surface area (Å²) in [6.45, 7) is 4.70. The topological polar surface area (TPSA) is 65.4 Å². The molecule has 1 aliphatic rings. The Morgan fingerprint density at radius 3 is 2.96 bits per heavy atom. The third-order valence-electron chi connectivity index (χ3n) is 4.55. The Hall–Kier alpha value is -3.28. The summed E-state index contributed by atoms with van der Waals surface area (Å²) in [6.07, 6.45) is 6.24. The van der Waals surface area contributed by atoms with Crippen molar-refractivity contribution in [2.45, 2.75) is 32.4 Å². The highest BCUT2D eigenvalue weighted by atomic mass is 16.5.